The lowest BCUT2D eigenvalue weighted by Crippen LogP contribution is -2.23. The van der Waals surface area contributed by atoms with Crippen molar-refractivity contribution in [2.45, 2.75) is 19.4 Å². The van der Waals surface area contributed by atoms with Crippen molar-refractivity contribution in [3.63, 3.8) is 0 Å². The van der Waals surface area contributed by atoms with E-state index in [1.165, 1.54) is 6.92 Å². The first kappa shape index (κ1) is 12.3. The highest BCUT2D eigenvalue weighted by molar-refractivity contribution is 9.10. The molecule has 0 aliphatic carbocycles. The molecule has 4 heteroatoms. The third-order valence-electron chi connectivity index (χ3n) is 2.63. The first-order valence-corrected chi connectivity index (χ1v) is 6.11. The van der Waals surface area contributed by atoms with Crippen LogP contribution in [0.1, 0.15) is 6.92 Å². The third kappa shape index (κ3) is 2.57. The average Bonchev–Trinajstić information content (AvgIpc) is 2.33. The van der Waals surface area contributed by atoms with Gasteiger partial charge in [-0.2, -0.15) is 0 Å². The van der Waals surface area contributed by atoms with E-state index in [0.717, 1.165) is 20.9 Å². The van der Waals surface area contributed by atoms with Gasteiger partial charge in [0.15, 0.2) is 0 Å². The number of rotatable bonds is 3. The van der Waals surface area contributed by atoms with Gasteiger partial charge < -0.3 is 5.32 Å². The van der Waals surface area contributed by atoms with E-state index in [1.807, 2.05) is 36.4 Å². The van der Waals surface area contributed by atoms with Crippen molar-refractivity contribution in [1.82, 2.24) is 0 Å². The fourth-order valence-corrected chi connectivity index (χ4v) is 2.17. The van der Waals surface area contributed by atoms with Crippen molar-refractivity contribution in [1.29, 1.82) is 0 Å². The predicted molar refractivity (Wildman–Crippen MR) is 70.7 cm³/mol. The van der Waals surface area contributed by atoms with Gasteiger partial charge >= 0.3 is 0 Å². The molecule has 0 aromatic heterocycles. The molecule has 90 valence electrons. The second kappa shape index (κ2) is 5.00. The van der Waals surface area contributed by atoms with Gasteiger partial charge in [0.1, 0.15) is 0 Å². The summed E-state index contributed by atoms with van der Waals surface area (Å²) in [6.07, 6.45) is -2.38. The second-order valence-electron chi connectivity index (χ2n) is 3.91. The van der Waals surface area contributed by atoms with Crippen molar-refractivity contribution in [2.24, 2.45) is 0 Å². The second-order valence-corrected chi connectivity index (χ2v) is 4.76. The molecule has 0 fully saturated rings. The maximum Gasteiger partial charge on any atom is 0.258 e. The molecule has 1 nitrogen and oxygen atoms in total. The fourth-order valence-electron chi connectivity index (χ4n) is 1.70. The first-order valence-electron chi connectivity index (χ1n) is 5.31. The van der Waals surface area contributed by atoms with E-state index in [9.17, 15) is 8.78 Å². The highest BCUT2D eigenvalue weighted by atomic mass is 79.9. The Morgan fingerprint density at radius 3 is 2.35 bits per heavy atom. The quantitative estimate of drug-likeness (QED) is 0.868. The normalized spacial score (nSPS) is 13.0. The van der Waals surface area contributed by atoms with Crippen molar-refractivity contribution in [3.05, 3.63) is 40.9 Å². The summed E-state index contributed by atoms with van der Waals surface area (Å²) in [5, 5.41) is 4.79. The number of nitrogens with one attached hydrogen (secondary N) is 1. The maximum absolute atomic E-state index is 12.5. The van der Waals surface area contributed by atoms with E-state index in [1.54, 1.807) is 0 Å². The minimum Gasteiger partial charge on any atom is -0.376 e. The maximum atomic E-state index is 12.5. The number of anilines is 1. The zero-order valence-electron chi connectivity index (χ0n) is 9.25. The standard InChI is InChI=1S/C13H12BrF2N/c1-8(13(15)16)17-12-7-6-11(14)9-4-2-3-5-10(9)12/h2-8,13,17H,1H3. The molecular formula is C13H12BrF2N. The van der Waals surface area contributed by atoms with Gasteiger partial charge in [-0.05, 0) is 24.4 Å². The lowest BCUT2D eigenvalue weighted by atomic mass is 10.1. The molecule has 0 saturated carbocycles. The van der Waals surface area contributed by atoms with E-state index < -0.39 is 12.5 Å². The molecule has 0 spiro atoms. The van der Waals surface area contributed by atoms with Crippen LogP contribution in [0.4, 0.5) is 14.5 Å². The Hall–Kier alpha value is -1.16. The van der Waals surface area contributed by atoms with Gasteiger partial charge in [0.2, 0.25) is 0 Å². The Kier molecular flexibility index (Phi) is 3.62. The van der Waals surface area contributed by atoms with Crippen LogP contribution in [-0.4, -0.2) is 12.5 Å². The van der Waals surface area contributed by atoms with Gasteiger partial charge in [0.25, 0.3) is 6.43 Å². The van der Waals surface area contributed by atoms with E-state index in [2.05, 4.69) is 21.2 Å². The van der Waals surface area contributed by atoms with Crippen molar-refractivity contribution < 1.29 is 8.78 Å². The zero-order chi connectivity index (χ0) is 12.4. The number of benzene rings is 2. The Morgan fingerprint density at radius 1 is 1.06 bits per heavy atom. The van der Waals surface area contributed by atoms with Gasteiger partial charge in [0.05, 0.1) is 6.04 Å². The van der Waals surface area contributed by atoms with Crippen LogP contribution < -0.4 is 5.32 Å². The molecule has 2 aromatic rings. The fraction of sp³-hybridized carbons (Fsp3) is 0.231. The smallest absolute Gasteiger partial charge is 0.258 e. The predicted octanol–water partition coefficient (Wildman–Crippen LogP) is 4.67. The van der Waals surface area contributed by atoms with Gasteiger partial charge in [-0.15, -0.1) is 0 Å². The third-order valence-corrected chi connectivity index (χ3v) is 3.32. The van der Waals surface area contributed by atoms with E-state index in [4.69, 9.17) is 0 Å². The highest BCUT2D eigenvalue weighted by Crippen LogP contribution is 2.30. The minimum absolute atomic E-state index is 0.733. The number of hydrogen-bond acceptors (Lipinski definition) is 1. The topological polar surface area (TPSA) is 12.0 Å². The Bertz CT molecular complexity index is 528. The molecule has 0 bridgehead atoms. The summed E-state index contributed by atoms with van der Waals surface area (Å²) in [6, 6.07) is 10.5. The molecule has 0 aliphatic heterocycles. The van der Waals surface area contributed by atoms with Crippen molar-refractivity contribution >= 4 is 32.4 Å². The van der Waals surface area contributed by atoms with Crippen LogP contribution >= 0.6 is 15.9 Å². The summed E-state index contributed by atoms with van der Waals surface area (Å²) in [4.78, 5) is 0. The molecule has 1 N–H and O–H groups in total. The lowest BCUT2D eigenvalue weighted by molar-refractivity contribution is 0.131. The van der Waals surface area contributed by atoms with Crippen LogP contribution in [0.3, 0.4) is 0 Å². The Labute approximate surface area is 107 Å². The SMILES string of the molecule is CC(Nc1ccc(Br)c2ccccc12)C(F)F. The van der Waals surface area contributed by atoms with Crippen LogP contribution in [0, 0.1) is 0 Å². The highest BCUT2D eigenvalue weighted by Gasteiger charge is 2.15. The molecule has 2 rings (SSSR count). The summed E-state index contributed by atoms with van der Waals surface area (Å²) in [7, 11) is 0. The number of hydrogen-bond donors (Lipinski definition) is 1. The minimum atomic E-state index is -2.38. The van der Waals surface area contributed by atoms with E-state index in [0.29, 0.717) is 0 Å². The van der Waals surface area contributed by atoms with Crippen LogP contribution in [0.15, 0.2) is 40.9 Å². The number of fused-ring (bicyclic) bond motifs is 1. The van der Waals surface area contributed by atoms with E-state index >= 15 is 0 Å². The van der Waals surface area contributed by atoms with Crippen LogP contribution in [0.2, 0.25) is 0 Å². The van der Waals surface area contributed by atoms with Gasteiger partial charge in [-0.25, -0.2) is 8.78 Å². The average molecular weight is 300 g/mol. The molecule has 0 aliphatic rings. The lowest BCUT2D eigenvalue weighted by Gasteiger charge is -2.16. The molecule has 0 radical (unpaired) electrons. The molecule has 0 saturated heterocycles. The van der Waals surface area contributed by atoms with Gasteiger partial charge in [-0.1, -0.05) is 40.2 Å². The summed E-state index contributed by atoms with van der Waals surface area (Å²) < 4.78 is 26.0. The van der Waals surface area contributed by atoms with Gasteiger partial charge in [0, 0.05) is 15.5 Å². The van der Waals surface area contributed by atoms with Crippen molar-refractivity contribution in [3.8, 4) is 0 Å². The molecule has 0 heterocycles. The Morgan fingerprint density at radius 2 is 1.71 bits per heavy atom. The monoisotopic (exact) mass is 299 g/mol. The summed E-state index contributed by atoms with van der Waals surface area (Å²) in [6.45, 7) is 1.47. The largest absolute Gasteiger partial charge is 0.376 e. The first-order chi connectivity index (χ1) is 8.09. The molecule has 2 aromatic carbocycles. The van der Waals surface area contributed by atoms with Crippen LogP contribution in [0.25, 0.3) is 10.8 Å². The summed E-state index contributed by atoms with van der Waals surface area (Å²) in [5.74, 6) is 0. The van der Waals surface area contributed by atoms with Crippen molar-refractivity contribution in [2.75, 3.05) is 5.32 Å². The van der Waals surface area contributed by atoms with Gasteiger partial charge in [-0.3, -0.25) is 0 Å². The summed E-state index contributed by atoms with van der Waals surface area (Å²) in [5.41, 5.74) is 0.733. The van der Waals surface area contributed by atoms with E-state index in [-0.39, 0.29) is 0 Å². The molecular weight excluding hydrogens is 288 g/mol. The Balaban J connectivity index is 2.45. The van der Waals surface area contributed by atoms with Crippen LogP contribution in [-0.2, 0) is 0 Å². The number of alkyl halides is 2. The molecule has 1 unspecified atom stereocenters. The zero-order valence-corrected chi connectivity index (χ0v) is 10.8. The molecule has 17 heavy (non-hydrogen) atoms. The molecule has 0 amide bonds. The number of halogens is 3. The molecule has 1 atom stereocenters. The van der Waals surface area contributed by atoms with Crippen LogP contribution in [0.5, 0.6) is 0 Å². The summed E-state index contributed by atoms with van der Waals surface area (Å²) >= 11 is 3.45.